The molecule has 135 valence electrons. The van der Waals surface area contributed by atoms with Gasteiger partial charge in [-0.1, -0.05) is 5.11 Å². The number of azide groups is 1. The molecule has 0 spiro atoms. The molecule has 11 nitrogen and oxygen atoms in total. The zero-order valence-corrected chi connectivity index (χ0v) is 28.0. The second-order valence-corrected chi connectivity index (χ2v) is 4.50. The summed E-state index contributed by atoms with van der Waals surface area (Å²) in [5, 5.41) is 34.6. The van der Waals surface area contributed by atoms with Crippen molar-refractivity contribution in [3.05, 3.63) is 28.5 Å². The summed E-state index contributed by atoms with van der Waals surface area (Å²) >= 11 is 0. The van der Waals surface area contributed by atoms with E-state index >= 15 is 0 Å². The van der Waals surface area contributed by atoms with Crippen molar-refractivity contribution in [2.75, 3.05) is 13.7 Å². The number of nitrogens with zero attached hydrogens (tertiary/aromatic N) is 3. The molecule has 3 radical (unpaired) electrons. The van der Waals surface area contributed by atoms with Crippen molar-refractivity contribution >= 4 is 11.9 Å². The Balaban J connectivity index is -0.00000176. The first-order chi connectivity index (χ1) is 11.0. The molecule has 4 unspecified atom stereocenters. The Morgan fingerprint density at radius 2 is 2.15 bits per heavy atom. The maximum absolute atomic E-state index is 11.6. The number of ether oxygens (including phenoxy) is 2. The number of esters is 1. The van der Waals surface area contributed by atoms with Crippen LogP contribution < -0.4 is 5.32 Å². The van der Waals surface area contributed by atoms with Gasteiger partial charge in [0.25, 0.3) is 0 Å². The predicted octanol–water partition coefficient (Wildman–Crippen LogP) is -1.86. The topological polar surface area (TPSA) is 174 Å². The Kier molecular flexibility index (Phi) is 22.0. The normalized spacial score (nSPS) is 22.6. The van der Waals surface area contributed by atoms with Crippen LogP contribution in [0.4, 0.5) is 0 Å². The predicted molar refractivity (Wildman–Crippen MR) is 74.2 cm³/mol. The Hall–Kier alpha value is 1.77. The second-order valence-electron chi connectivity index (χ2n) is 4.50. The summed E-state index contributed by atoms with van der Waals surface area (Å²) in [6.45, 7) is -0.777. The third kappa shape index (κ3) is 9.52. The number of nitrogens with one attached hydrogen (secondary N) is 1. The van der Waals surface area contributed by atoms with Crippen LogP contribution in [0.3, 0.4) is 0 Å². The third-order valence-electron chi connectivity index (χ3n) is 3.13. The summed E-state index contributed by atoms with van der Waals surface area (Å²) in [6.07, 6.45) is -2.56. The van der Waals surface area contributed by atoms with Crippen LogP contribution >= 0.6 is 0 Å². The number of carbonyl (C=O) groups excluding carboxylic acids is 2. The largest absolute Gasteiger partial charge is 0.478 e. The molecule has 0 saturated carbocycles. The van der Waals surface area contributed by atoms with Crippen LogP contribution in [0.1, 0.15) is 0 Å². The van der Waals surface area contributed by atoms with Gasteiger partial charge >= 0.3 is 5.97 Å². The van der Waals surface area contributed by atoms with E-state index < -0.39 is 43.0 Å². The van der Waals surface area contributed by atoms with Gasteiger partial charge in [0.2, 0.25) is 5.76 Å². The fourth-order valence-corrected chi connectivity index (χ4v) is 2.03. The van der Waals surface area contributed by atoms with Crippen LogP contribution in [0.5, 0.6) is 0 Å². The van der Waals surface area contributed by atoms with Crippen molar-refractivity contribution in [1.82, 2.24) is 5.32 Å². The first kappa shape index (κ1) is 32.4. The molecule has 0 aromatic heterocycles. The van der Waals surface area contributed by atoms with E-state index in [1.54, 1.807) is 0 Å². The number of aliphatic hydroxyl groups excluding tert-OH is 3. The van der Waals surface area contributed by atoms with E-state index in [0.717, 1.165) is 19.4 Å². The van der Waals surface area contributed by atoms with E-state index in [2.05, 4.69) is 20.1 Å². The quantitative estimate of drug-likeness (QED) is 0.0757. The molecule has 1 aliphatic heterocycles. The maximum atomic E-state index is 11.6. The minimum absolute atomic E-state index is 0. The molecule has 1 rings (SSSR count). The second kappa shape index (κ2) is 17.6. The molecule has 0 bridgehead atoms. The molecule has 0 aromatic carbocycles. The van der Waals surface area contributed by atoms with Gasteiger partial charge < -0.3 is 30.1 Å². The first-order valence-electron chi connectivity index (χ1n) is 6.43. The molecule has 4 N–H and O–H groups in total. The van der Waals surface area contributed by atoms with Gasteiger partial charge in [-0.2, -0.15) is 0 Å². The van der Waals surface area contributed by atoms with Gasteiger partial charge in [0.15, 0.2) is 0 Å². The number of carbonyl (C=O) groups is 1. The maximum Gasteiger partial charge on any atom is 0.372 e. The number of methoxy groups -OCH3 is 1. The van der Waals surface area contributed by atoms with Crippen LogP contribution in [-0.4, -0.2) is 71.3 Å². The summed E-state index contributed by atoms with van der Waals surface area (Å²) in [7, 11) is 1.10. The van der Waals surface area contributed by atoms with E-state index in [9.17, 15) is 19.8 Å². The average Bonchev–Trinajstić information content (AvgIpc) is 2.58. The van der Waals surface area contributed by atoms with E-state index in [4.69, 9.17) is 15.4 Å². The zero-order chi connectivity index (χ0) is 17.4. The number of aliphatic hydroxyl groups is 3. The summed E-state index contributed by atoms with van der Waals surface area (Å²) < 4.78 is 9.78. The molecule has 0 aromatic rings. The fourth-order valence-electron chi connectivity index (χ4n) is 2.03. The van der Waals surface area contributed by atoms with E-state index in [0.29, 0.717) is 0 Å². The Bertz CT molecular complexity index is 567. The molecule has 26 heavy (non-hydrogen) atoms. The van der Waals surface area contributed by atoms with Gasteiger partial charge in [0.05, 0.1) is 32.0 Å². The Labute approximate surface area is 256 Å². The van der Waals surface area contributed by atoms with E-state index in [1.165, 1.54) is 5.94 Å². The molecule has 0 fully saturated rings. The van der Waals surface area contributed by atoms with Crippen molar-refractivity contribution in [2.45, 2.75) is 30.4 Å². The number of rotatable bonds is 7. The molecule has 0 aliphatic carbocycles. The van der Waals surface area contributed by atoms with Crippen molar-refractivity contribution in [1.29, 1.82) is 0 Å². The fraction of sp³-hybridized carbons (Fsp3) is 0.583. The number of hydrogen-bond donors (Lipinski definition) is 4. The smallest absolute Gasteiger partial charge is 0.372 e. The summed E-state index contributed by atoms with van der Waals surface area (Å²) in [5.41, 5.74) is 8.63. The van der Waals surface area contributed by atoms with Crippen molar-refractivity contribution in [2.24, 2.45) is 5.11 Å². The van der Waals surface area contributed by atoms with E-state index in [-0.39, 0.29) is 138 Å². The van der Waals surface area contributed by atoms with Crippen LogP contribution in [0.15, 0.2) is 23.1 Å². The van der Waals surface area contributed by atoms with Crippen molar-refractivity contribution in [3.8, 4) is 0 Å². The molecule has 0 amide bonds. The number of hydrogen-bond acceptors (Lipinski definition) is 9. The molecule has 14 heteroatoms. The molecule has 1 aliphatic rings. The van der Waals surface area contributed by atoms with Gasteiger partial charge in [-0.3, -0.25) is 0 Å². The SMILES string of the molecule is COC(=O)C1=CC(N=[N+]=[N-])C(NC=C=O)[C@H](C(O)C(O)CO)O1.[Ac].[Ac].[Ac]. The summed E-state index contributed by atoms with van der Waals surface area (Å²) in [6, 6.07) is -2.05. The van der Waals surface area contributed by atoms with Crippen LogP contribution in [0.25, 0.3) is 10.4 Å². The van der Waals surface area contributed by atoms with Crippen LogP contribution in [-0.2, 0) is 19.1 Å². The standard InChI is InChI=1S/C12H16N4O7.3Ac/c1-22-12(21)8-4-6(15-16-13)9(14-2-3-17)11(23-8)10(20)7(19)5-18;;;/h2,4,6-7,9-11,14,18-20H,5H2,1H3;;;/t6?,7?,9?,10?,11-;;;/m1.../s1. The van der Waals surface area contributed by atoms with Gasteiger partial charge in [-0.25, -0.2) is 9.59 Å². The van der Waals surface area contributed by atoms with Crippen molar-refractivity contribution < 1.29 is 167 Å². The average molecular weight is 1010 g/mol. The summed E-state index contributed by atoms with van der Waals surface area (Å²) in [4.78, 5) is 24.6. The third-order valence-corrected chi connectivity index (χ3v) is 3.13. The van der Waals surface area contributed by atoms with E-state index in [1.807, 2.05) is 0 Å². The van der Waals surface area contributed by atoms with Crippen molar-refractivity contribution in [3.63, 3.8) is 0 Å². The van der Waals surface area contributed by atoms with Crippen LogP contribution in [0.2, 0.25) is 0 Å². The molecule has 0 saturated heterocycles. The van der Waals surface area contributed by atoms with Crippen LogP contribution in [0, 0.1) is 132 Å². The molecular weight excluding hydrogens is 993 g/mol. The minimum atomic E-state index is -1.65. The minimum Gasteiger partial charge on any atom is -0.478 e. The van der Waals surface area contributed by atoms with Gasteiger partial charge in [-0.05, 0) is 11.6 Å². The molecular formula is C12H16Ac3N4O7. The van der Waals surface area contributed by atoms with Gasteiger partial charge in [0.1, 0.15) is 24.3 Å². The Morgan fingerprint density at radius 3 is 2.62 bits per heavy atom. The first-order valence-corrected chi connectivity index (χ1v) is 6.43. The van der Waals surface area contributed by atoms with Gasteiger partial charge in [-0.15, -0.1) is 0 Å². The molecule has 1 heterocycles. The Morgan fingerprint density at radius 1 is 1.54 bits per heavy atom. The summed E-state index contributed by atoms with van der Waals surface area (Å²) in [5.74, 6) is 0.217. The molecule has 5 atom stereocenters. The monoisotopic (exact) mass is 1010 g/mol. The van der Waals surface area contributed by atoms with Gasteiger partial charge in [0, 0.05) is 137 Å². The zero-order valence-electron chi connectivity index (χ0n) is 13.8.